The van der Waals surface area contributed by atoms with Crippen molar-refractivity contribution in [2.24, 2.45) is 0 Å². The van der Waals surface area contributed by atoms with E-state index >= 15 is 0 Å². The van der Waals surface area contributed by atoms with Crippen LogP contribution < -0.4 is 4.74 Å². The standard InChI is InChI=1S/C13H17NO4/c1-18-11-5-2-9(12(15)6-11)7-14(8-13(16)17)10-3-4-10/h2,5-6,10,15H,3-4,7-8H2,1H3,(H,16,17). The van der Waals surface area contributed by atoms with Crippen LogP contribution in [0.15, 0.2) is 18.2 Å². The van der Waals surface area contributed by atoms with Crippen molar-refractivity contribution in [1.82, 2.24) is 4.90 Å². The first-order chi connectivity index (χ1) is 8.60. The van der Waals surface area contributed by atoms with Crippen LogP contribution in [0.25, 0.3) is 0 Å². The topological polar surface area (TPSA) is 70.0 Å². The number of benzene rings is 1. The van der Waals surface area contributed by atoms with Gasteiger partial charge in [-0.3, -0.25) is 9.69 Å². The molecule has 2 N–H and O–H groups in total. The van der Waals surface area contributed by atoms with Crippen LogP contribution in [-0.2, 0) is 11.3 Å². The van der Waals surface area contributed by atoms with Crippen LogP contribution in [0, 0.1) is 0 Å². The molecule has 1 saturated carbocycles. The van der Waals surface area contributed by atoms with E-state index in [1.165, 1.54) is 7.11 Å². The van der Waals surface area contributed by atoms with Gasteiger partial charge in [0, 0.05) is 24.2 Å². The van der Waals surface area contributed by atoms with Gasteiger partial charge in [-0.25, -0.2) is 0 Å². The first-order valence-electron chi connectivity index (χ1n) is 5.92. The Morgan fingerprint density at radius 3 is 2.72 bits per heavy atom. The lowest BCUT2D eigenvalue weighted by atomic mass is 10.1. The van der Waals surface area contributed by atoms with Gasteiger partial charge in [0.05, 0.1) is 13.7 Å². The van der Waals surface area contributed by atoms with Gasteiger partial charge in [0.15, 0.2) is 0 Å². The molecule has 2 rings (SSSR count). The maximum atomic E-state index is 10.8. The van der Waals surface area contributed by atoms with Gasteiger partial charge in [-0.2, -0.15) is 0 Å². The van der Waals surface area contributed by atoms with E-state index in [2.05, 4.69) is 0 Å². The van der Waals surface area contributed by atoms with Gasteiger partial charge in [0.25, 0.3) is 0 Å². The Balaban J connectivity index is 2.08. The lowest BCUT2D eigenvalue weighted by Crippen LogP contribution is -2.31. The molecule has 0 aromatic heterocycles. The van der Waals surface area contributed by atoms with Crippen molar-refractivity contribution in [1.29, 1.82) is 0 Å². The minimum atomic E-state index is -0.838. The number of ether oxygens (including phenoxy) is 1. The summed E-state index contributed by atoms with van der Waals surface area (Å²) in [5.74, 6) is -0.104. The number of carboxylic acid groups (broad SMARTS) is 1. The number of methoxy groups -OCH3 is 1. The van der Waals surface area contributed by atoms with Gasteiger partial charge in [0.2, 0.25) is 0 Å². The highest BCUT2D eigenvalue weighted by molar-refractivity contribution is 5.69. The number of aromatic hydroxyl groups is 1. The zero-order valence-corrected chi connectivity index (χ0v) is 10.3. The third-order valence-corrected chi connectivity index (χ3v) is 3.07. The molecule has 0 heterocycles. The molecule has 1 fully saturated rings. The molecule has 18 heavy (non-hydrogen) atoms. The zero-order valence-electron chi connectivity index (χ0n) is 10.3. The molecule has 0 atom stereocenters. The summed E-state index contributed by atoms with van der Waals surface area (Å²) in [7, 11) is 1.54. The first kappa shape index (κ1) is 12.7. The lowest BCUT2D eigenvalue weighted by molar-refractivity contribution is -0.138. The fraction of sp³-hybridized carbons (Fsp3) is 0.462. The Kier molecular flexibility index (Phi) is 3.72. The van der Waals surface area contributed by atoms with Crippen molar-refractivity contribution in [3.63, 3.8) is 0 Å². The number of carboxylic acids is 1. The molecule has 0 spiro atoms. The highest BCUT2D eigenvalue weighted by atomic mass is 16.5. The number of rotatable bonds is 6. The van der Waals surface area contributed by atoms with Crippen molar-refractivity contribution in [3.05, 3.63) is 23.8 Å². The number of aliphatic carboxylic acids is 1. The van der Waals surface area contributed by atoms with Gasteiger partial charge >= 0.3 is 5.97 Å². The largest absolute Gasteiger partial charge is 0.507 e. The number of hydrogen-bond donors (Lipinski definition) is 2. The van der Waals surface area contributed by atoms with Crippen LogP contribution in [0.1, 0.15) is 18.4 Å². The third kappa shape index (κ3) is 3.13. The summed E-state index contributed by atoms with van der Waals surface area (Å²) in [6, 6.07) is 5.41. The van der Waals surface area contributed by atoms with Gasteiger partial charge < -0.3 is 14.9 Å². The summed E-state index contributed by atoms with van der Waals surface area (Å²) in [6.07, 6.45) is 2.06. The fourth-order valence-electron chi connectivity index (χ4n) is 1.95. The van der Waals surface area contributed by atoms with E-state index in [0.717, 1.165) is 18.4 Å². The second-order valence-corrected chi connectivity index (χ2v) is 4.52. The number of phenols is 1. The summed E-state index contributed by atoms with van der Waals surface area (Å²) in [5, 5.41) is 18.7. The van der Waals surface area contributed by atoms with Crippen LogP contribution in [0.5, 0.6) is 11.5 Å². The van der Waals surface area contributed by atoms with Crippen LogP contribution in [-0.4, -0.2) is 40.8 Å². The molecule has 98 valence electrons. The molecule has 5 heteroatoms. The fourth-order valence-corrected chi connectivity index (χ4v) is 1.95. The van der Waals surface area contributed by atoms with Crippen molar-refractivity contribution in [3.8, 4) is 11.5 Å². The Hall–Kier alpha value is -1.75. The van der Waals surface area contributed by atoms with Gasteiger partial charge in [0.1, 0.15) is 11.5 Å². The maximum Gasteiger partial charge on any atom is 0.317 e. The molecule has 0 radical (unpaired) electrons. The van der Waals surface area contributed by atoms with E-state index in [4.69, 9.17) is 9.84 Å². The molecular formula is C13H17NO4. The zero-order chi connectivity index (χ0) is 13.1. The molecule has 0 saturated heterocycles. The van der Waals surface area contributed by atoms with E-state index in [-0.39, 0.29) is 12.3 Å². The average molecular weight is 251 g/mol. The predicted octanol–water partition coefficient (Wildman–Crippen LogP) is 1.45. The maximum absolute atomic E-state index is 10.8. The molecule has 0 unspecified atom stereocenters. The van der Waals surface area contributed by atoms with Crippen molar-refractivity contribution in [2.75, 3.05) is 13.7 Å². The number of phenolic OH excluding ortho intramolecular Hbond substituents is 1. The summed E-state index contributed by atoms with van der Waals surface area (Å²) in [6.45, 7) is 0.461. The highest BCUT2D eigenvalue weighted by Gasteiger charge is 2.30. The quantitative estimate of drug-likeness (QED) is 0.800. The van der Waals surface area contributed by atoms with E-state index in [1.807, 2.05) is 4.90 Å². The summed E-state index contributed by atoms with van der Waals surface area (Å²) in [4.78, 5) is 12.7. The van der Waals surface area contributed by atoms with Gasteiger partial charge in [-0.05, 0) is 18.9 Å². The smallest absolute Gasteiger partial charge is 0.317 e. The number of nitrogens with zero attached hydrogens (tertiary/aromatic N) is 1. The molecule has 1 aromatic rings. The molecule has 0 amide bonds. The minimum absolute atomic E-state index is 0.0101. The minimum Gasteiger partial charge on any atom is -0.507 e. The van der Waals surface area contributed by atoms with Crippen molar-refractivity contribution >= 4 is 5.97 Å². The molecule has 1 aliphatic rings. The van der Waals surface area contributed by atoms with E-state index in [9.17, 15) is 9.90 Å². The van der Waals surface area contributed by atoms with E-state index in [1.54, 1.807) is 18.2 Å². The lowest BCUT2D eigenvalue weighted by Gasteiger charge is -2.20. The predicted molar refractivity (Wildman–Crippen MR) is 65.7 cm³/mol. The van der Waals surface area contributed by atoms with Crippen molar-refractivity contribution < 1.29 is 19.7 Å². The second kappa shape index (κ2) is 5.27. The Morgan fingerprint density at radius 2 is 2.22 bits per heavy atom. The van der Waals surface area contributed by atoms with Crippen molar-refractivity contribution in [2.45, 2.75) is 25.4 Å². The molecule has 5 nitrogen and oxygen atoms in total. The summed E-state index contributed by atoms with van der Waals surface area (Å²) >= 11 is 0. The molecule has 0 aliphatic heterocycles. The SMILES string of the molecule is COc1ccc(CN(CC(=O)O)C2CC2)c(O)c1. The number of hydrogen-bond acceptors (Lipinski definition) is 4. The van der Waals surface area contributed by atoms with Crippen LogP contribution >= 0.6 is 0 Å². The molecular weight excluding hydrogens is 234 g/mol. The average Bonchev–Trinajstić information content (AvgIpc) is 3.14. The monoisotopic (exact) mass is 251 g/mol. The second-order valence-electron chi connectivity index (χ2n) is 4.52. The third-order valence-electron chi connectivity index (χ3n) is 3.07. The normalized spacial score (nSPS) is 14.8. The highest BCUT2D eigenvalue weighted by Crippen LogP contribution is 2.31. The van der Waals surface area contributed by atoms with E-state index in [0.29, 0.717) is 18.3 Å². The Labute approximate surface area is 106 Å². The molecule has 0 bridgehead atoms. The summed E-state index contributed by atoms with van der Waals surface area (Å²) < 4.78 is 5.01. The van der Waals surface area contributed by atoms with E-state index < -0.39 is 5.97 Å². The van der Waals surface area contributed by atoms with Gasteiger partial charge in [-0.15, -0.1) is 0 Å². The van der Waals surface area contributed by atoms with Crippen LogP contribution in [0.2, 0.25) is 0 Å². The molecule has 1 aliphatic carbocycles. The molecule has 1 aromatic carbocycles. The van der Waals surface area contributed by atoms with Crippen LogP contribution in [0.4, 0.5) is 0 Å². The van der Waals surface area contributed by atoms with Crippen LogP contribution in [0.3, 0.4) is 0 Å². The Bertz CT molecular complexity index is 443. The summed E-state index contributed by atoms with van der Waals surface area (Å²) in [5.41, 5.74) is 0.726. The van der Waals surface area contributed by atoms with Gasteiger partial charge in [-0.1, -0.05) is 6.07 Å². The number of carbonyl (C=O) groups is 1. The Morgan fingerprint density at radius 1 is 1.50 bits per heavy atom. The first-order valence-corrected chi connectivity index (χ1v) is 5.92.